The van der Waals surface area contributed by atoms with Gasteiger partial charge < -0.3 is 4.74 Å². The van der Waals surface area contributed by atoms with Crippen molar-refractivity contribution in [3.63, 3.8) is 0 Å². The lowest BCUT2D eigenvalue weighted by atomic mass is 10.0. The molecule has 1 amide bonds. The zero-order valence-electron chi connectivity index (χ0n) is 22.9. The van der Waals surface area contributed by atoms with E-state index in [2.05, 4.69) is 10.1 Å². The maximum Gasteiger partial charge on any atom is 0.280 e. The number of anilines is 1. The highest BCUT2D eigenvalue weighted by molar-refractivity contribution is 7.89. The molecule has 1 saturated heterocycles. The van der Waals surface area contributed by atoms with E-state index >= 15 is 0 Å². The van der Waals surface area contributed by atoms with E-state index < -0.39 is 21.7 Å². The minimum absolute atomic E-state index is 0.0219. The second-order valence-corrected chi connectivity index (χ2v) is 12.6. The number of nitrogens with zero attached hydrogens (tertiary/aromatic N) is 4. The Bertz CT molecular complexity index is 1650. The first-order valence-corrected chi connectivity index (χ1v) is 15.8. The molecule has 8 nitrogen and oxygen atoms in total. The number of thiazole rings is 1. The first kappa shape index (κ1) is 28.8. The van der Waals surface area contributed by atoms with Gasteiger partial charge in [-0.2, -0.15) is 14.4 Å². The molecule has 1 aromatic heterocycles. The Hall–Kier alpha value is -3.67. The minimum atomic E-state index is -3.69. The number of carbonyl (C=O) groups excluding carboxylic acids is 1. The zero-order chi connectivity index (χ0) is 29.0. The van der Waals surface area contributed by atoms with Crippen molar-refractivity contribution in [1.82, 2.24) is 9.29 Å². The van der Waals surface area contributed by atoms with Gasteiger partial charge in [0, 0.05) is 18.2 Å². The van der Waals surface area contributed by atoms with Crippen molar-refractivity contribution in [1.29, 1.82) is 0 Å². The summed E-state index contributed by atoms with van der Waals surface area (Å²) in [5.74, 6) is -0.185. The number of ether oxygens (including phenoxy) is 1. The molecule has 2 heterocycles. The van der Waals surface area contributed by atoms with Gasteiger partial charge in [0.05, 0.1) is 27.9 Å². The molecule has 214 valence electrons. The lowest BCUT2D eigenvalue weighted by Crippen LogP contribution is -2.43. The van der Waals surface area contributed by atoms with Gasteiger partial charge in [0.15, 0.2) is 0 Å². The number of sulfonamides is 1. The molecule has 0 N–H and O–H groups in total. The van der Waals surface area contributed by atoms with Crippen molar-refractivity contribution < 1.29 is 22.3 Å². The molecule has 1 aliphatic heterocycles. The predicted octanol–water partition coefficient (Wildman–Crippen LogP) is 6.47. The molecule has 1 aliphatic rings. The molecule has 1 atom stereocenters. The molecule has 4 aromatic rings. The topological polar surface area (TPSA) is 92.2 Å². The van der Waals surface area contributed by atoms with Gasteiger partial charge in [-0.15, -0.1) is 0 Å². The zero-order valence-corrected chi connectivity index (χ0v) is 24.5. The van der Waals surface area contributed by atoms with E-state index in [9.17, 15) is 17.6 Å². The lowest BCUT2D eigenvalue weighted by Gasteiger charge is -2.34. The number of aromatic nitrogens is 1. The Morgan fingerprint density at radius 1 is 1.12 bits per heavy atom. The molecular weight excluding hydrogens is 563 g/mol. The van der Waals surface area contributed by atoms with E-state index in [1.165, 1.54) is 42.6 Å². The highest BCUT2D eigenvalue weighted by Gasteiger charge is 2.32. The van der Waals surface area contributed by atoms with Crippen LogP contribution in [0.2, 0.25) is 0 Å². The Morgan fingerprint density at radius 3 is 2.59 bits per heavy atom. The summed E-state index contributed by atoms with van der Waals surface area (Å²) in [6.45, 7) is 4.94. The van der Waals surface area contributed by atoms with Crippen molar-refractivity contribution in [2.24, 2.45) is 5.10 Å². The molecule has 0 saturated carbocycles. The number of hydrogen-bond donors (Lipinski definition) is 0. The number of fused-ring (bicyclic) bond motifs is 1. The summed E-state index contributed by atoms with van der Waals surface area (Å²) in [6, 6.07) is 17.4. The van der Waals surface area contributed by atoms with Crippen LogP contribution < -0.4 is 9.75 Å². The Labute approximate surface area is 243 Å². The fourth-order valence-corrected chi connectivity index (χ4v) is 7.55. The van der Waals surface area contributed by atoms with Crippen LogP contribution in [0.3, 0.4) is 0 Å². The maximum absolute atomic E-state index is 13.8. The van der Waals surface area contributed by atoms with Gasteiger partial charge >= 0.3 is 0 Å². The summed E-state index contributed by atoms with van der Waals surface area (Å²) in [6.07, 6.45) is 4.98. The van der Waals surface area contributed by atoms with Gasteiger partial charge in [-0.1, -0.05) is 24.7 Å². The van der Waals surface area contributed by atoms with Gasteiger partial charge in [0.25, 0.3) is 5.91 Å². The summed E-state index contributed by atoms with van der Waals surface area (Å²) in [4.78, 5) is 18.4. The summed E-state index contributed by atoms with van der Waals surface area (Å²) < 4.78 is 48.3. The third-order valence-electron chi connectivity index (χ3n) is 6.98. The standard InChI is InChI=1S/C30H31FN4O4S2/c1-3-24-7-5-6-18-34(24)41(37,38)26-15-10-22(11-16-26)29(36)35(30-33-27-17-12-23(31)19-28(27)40-30)32-20-21-8-13-25(14-9-21)39-4-2/h8-17,19-20,24H,3-7,18H2,1-2H3/b32-20+. The van der Waals surface area contributed by atoms with Crippen molar-refractivity contribution in [3.8, 4) is 5.75 Å². The van der Waals surface area contributed by atoms with Crippen LogP contribution in [0, 0.1) is 5.82 Å². The van der Waals surface area contributed by atoms with E-state index in [0.29, 0.717) is 23.4 Å². The molecule has 0 bridgehead atoms. The number of carbonyl (C=O) groups is 1. The van der Waals surface area contributed by atoms with E-state index in [0.717, 1.165) is 53.3 Å². The van der Waals surface area contributed by atoms with Crippen molar-refractivity contribution in [3.05, 3.63) is 83.7 Å². The average Bonchev–Trinajstić information content (AvgIpc) is 3.41. The van der Waals surface area contributed by atoms with E-state index in [1.807, 2.05) is 38.1 Å². The van der Waals surface area contributed by atoms with Crippen LogP contribution in [0.1, 0.15) is 55.5 Å². The van der Waals surface area contributed by atoms with Crippen molar-refractivity contribution >= 4 is 48.8 Å². The quantitative estimate of drug-likeness (QED) is 0.164. The molecule has 41 heavy (non-hydrogen) atoms. The Balaban J connectivity index is 1.46. The Morgan fingerprint density at radius 2 is 1.88 bits per heavy atom. The largest absolute Gasteiger partial charge is 0.494 e. The number of piperidine rings is 1. The van der Waals surface area contributed by atoms with Crippen LogP contribution in [0.5, 0.6) is 5.75 Å². The smallest absolute Gasteiger partial charge is 0.280 e. The molecule has 0 spiro atoms. The highest BCUT2D eigenvalue weighted by atomic mass is 32.2. The van der Waals surface area contributed by atoms with Crippen LogP contribution in [-0.4, -0.2) is 49.0 Å². The molecule has 3 aromatic carbocycles. The normalized spacial score (nSPS) is 16.3. The van der Waals surface area contributed by atoms with Crippen LogP contribution in [0.25, 0.3) is 10.2 Å². The SMILES string of the molecule is CCOc1ccc(/C=N/N(C(=O)c2ccc(S(=O)(=O)N3CCCCC3CC)cc2)c2nc3ccc(F)cc3s2)cc1. The van der Waals surface area contributed by atoms with Crippen molar-refractivity contribution in [2.75, 3.05) is 18.2 Å². The summed E-state index contributed by atoms with van der Waals surface area (Å²) >= 11 is 1.13. The van der Waals surface area contributed by atoms with E-state index in [4.69, 9.17) is 4.74 Å². The fraction of sp³-hybridized carbons (Fsp3) is 0.300. The number of halogens is 1. The van der Waals surface area contributed by atoms with Crippen molar-refractivity contribution in [2.45, 2.75) is 50.5 Å². The Kier molecular flexibility index (Phi) is 8.77. The monoisotopic (exact) mass is 594 g/mol. The van der Waals surface area contributed by atoms with Crippen LogP contribution in [0.15, 0.2) is 76.7 Å². The number of rotatable bonds is 9. The number of benzene rings is 3. The summed E-state index contributed by atoms with van der Waals surface area (Å²) in [5.41, 5.74) is 1.50. The molecule has 1 unspecified atom stereocenters. The number of hydrazone groups is 1. The summed E-state index contributed by atoms with van der Waals surface area (Å²) in [7, 11) is -3.69. The third kappa shape index (κ3) is 6.32. The van der Waals surface area contributed by atoms with Gasteiger partial charge in [0.2, 0.25) is 15.2 Å². The number of hydrogen-bond acceptors (Lipinski definition) is 7. The van der Waals surface area contributed by atoms with E-state index in [-0.39, 0.29) is 21.6 Å². The van der Waals surface area contributed by atoms with E-state index in [1.54, 1.807) is 10.4 Å². The fourth-order valence-electron chi connectivity index (χ4n) is 4.83. The predicted molar refractivity (Wildman–Crippen MR) is 160 cm³/mol. The first-order chi connectivity index (χ1) is 19.8. The third-order valence-corrected chi connectivity index (χ3v) is 9.94. The summed E-state index contributed by atoms with van der Waals surface area (Å²) in [5, 5.41) is 5.86. The molecule has 1 fully saturated rings. The van der Waals surface area contributed by atoms with Gasteiger partial charge in [-0.05, 0) is 98.5 Å². The second-order valence-electron chi connectivity index (χ2n) is 9.67. The maximum atomic E-state index is 13.8. The highest BCUT2D eigenvalue weighted by Crippen LogP contribution is 2.31. The van der Waals surface area contributed by atoms with Gasteiger partial charge in [0.1, 0.15) is 11.6 Å². The first-order valence-electron chi connectivity index (χ1n) is 13.6. The van der Waals surface area contributed by atoms with Gasteiger partial charge in [-0.25, -0.2) is 17.8 Å². The average molecular weight is 595 g/mol. The molecular formula is C30H31FN4O4S2. The second kappa shape index (κ2) is 12.5. The molecule has 0 radical (unpaired) electrons. The van der Waals surface area contributed by atoms with Crippen LogP contribution in [-0.2, 0) is 10.0 Å². The molecule has 0 aliphatic carbocycles. The van der Waals surface area contributed by atoms with Crippen LogP contribution in [0.4, 0.5) is 9.52 Å². The molecule has 11 heteroatoms. The molecule has 5 rings (SSSR count). The minimum Gasteiger partial charge on any atom is -0.494 e. The van der Waals surface area contributed by atoms with Gasteiger partial charge in [-0.3, -0.25) is 4.79 Å². The van der Waals surface area contributed by atoms with Crippen LogP contribution >= 0.6 is 11.3 Å². The number of amides is 1. The lowest BCUT2D eigenvalue weighted by molar-refractivity contribution is 0.0987.